The lowest BCUT2D eigenvalue weighted by Crippen LogP contribution is -2.61. The van der Waals surface area contributed by atoms with Crippen molar-refractivity contribution in [2.24, 2.45) is 33.5 Å². The van der Waals surface area contributed by atoms with Crippen molar-refractivity contribution in [3.63, 3.8) is 0 Å². The third-order valence-corrected chi connectivity index (χ3v) is 9.52. The van der Waals surface area contributed by atoms with Crippen LogP contribution in [0.25, 0.3) is 0 Å². The van der Waals surface area contributed by atoms with Crippen LogP contribution in [0.4, 0.5) is 0 Å². The minimum Gasteiger partial charge on any atom is -0.461 e. The van der Waals surface area contributed by atoms with Crippen molar-refractivity contribution in [2.75, 3.05) is 0 Å². The van der Waals surface area contributed by atoms with Crippen molar-refractivity contribution in [3.8, 4) is 0 Å². The van der Waals surface area contributed by atoms with Crippen LogP contribution >= 0.6 is 0 Å². The number of fused-ring (bicyclic) bond motifs is 1. The zero-order chi connectivity index (χ0) is 24.7. The molecule has 33 heavy (non-hydrogen) atoms. The normalized spacial score (nSPS) is 44.6. The van der Waals surface area contributed by atoms with E-state index in [1.54, 1.807) is 0 Å². The number of allylic oxidation sites excluding steroid dienone is 2. The Morgan fingerprint density at radius 3 is 2.00 bits per heavy atom. The molecule has 8 atom stereocenters. The molecule has 4 aliphatic rings. The number of hydrogen-bond donors (Lipinski definition) is 0. The maximum Gasteiger partial charge on any atom is 0.303 e. The average molecular weight is 459 g/mol. The third kappa shape index (κ3) is 2.46. The van der Waals surface area contributed by atoms with Gasteiger partial charge in [0.05, 0.1) is 5.41 Å². The number of hydrogen-bond acceptors (Lipinski definition) is 7. The van der Waals surface area contributed by atoms with E-state index >= 15 is 0 Å². The molecule has 3 saturated carbocycles. The van der Waals surface area contributed by atoms with Gasteiger partial charge in [-0.05, 0) is 17.4 Å². The first kappa shape index (κ1) is 23.7. The molecule has 8 unspecified atom stereocenters. The molecule has 0 radical (unpaired) electrons. The van der Waals surface area contributed by atoms with Gasteiger partial charge < -0.3 is 14.2 Å². The van der Waals surface area contributed by atoms with E-state index in [2.05, 4.69) is 20.4 Å². The van der Waals surface area contributed by atoms with Gasteiger partial charge in [-0.15, -0.1) is 0 Å². The van der Waals surface area contributed by atoms with Gasteiger partial charge >= 0.3 is 17.9 Å². The Morgan fingerprint density at radius 2 is 1.45 bits per heavy atom. The Bertz CT molecular complexity index is 993. The molecule has 0 aromatic rings. The first-order chi connectivity index (χ1) is 15.2. The van der Waals surface area contributed by atoms with E-state index in [1.165, 1.54) is 20.8 Å². The predicted octanol–water partition coefficient (Wildman–Crippen LogP) is 3.56. The molecule has 4 rings (SSSR count). The highest BCUT2D eigenvalue weighted by molar-refractivity contribution is 5.86. The van der Waals surface area contributed by atoms with Crippen LogP contribution in [0, 0.1) is 33.5 Å². The van der Waals surface area contributed by atoms with Gasteiger partial charge in [0.15, 0.2) is 0 Å². The second-order valence-corrected chi connectivity index (χ2v) is 11.0. The minimum absolute atomic E-state index is 0.0266. The van der Waals surface area contributed by atoms with Gasteiger partial charge in [-0.3, -0.25) is 19.2 Å². The summed E-state index contributed by atoms with van der Waals surface area (Å²) in [5.74, 6) is -2.29. The smallest absolute Gasteiger partial charge is 0.303 e. The summed E-state index contributed by atoms with van der Waals surface area (Å²) in [5.41, 5.74) is -2.69. The van der Waals surface area contributed by atoms with Gasteiger partial charge in [0, 0.05) is 49.9 Å². The molecular formula is C26H34O7. The number of ether oxygens (including phenoxy) is 3. The fourth-order valence-electron chi connectivity index (χ4n) is 8.80. The number of ketones is 1. The van der Waals surface area contributed by atoms with E-state index in [9.17, 15) is 19.2 Å². The summed E-state index contributed by atoms with van der Waals surface area (Å²) in [7, 11) is 0. The maximum atomic E-state index is 13.5. The van der Waals surface area contributed by atoms with Crippen LogP contribution in [0.2, 0.25) is 0 Å². The summed E-state index contributed by atoms with van der Waals surface area (Å²) in [5, 5.41) is 0. The molecule has 4 aliphatic carbocycles. The van der Waals surface area contributed by atoms with E-state index in [4.69, 9.17) is 14.2 Å². The summed E-state index contributed by atoms with van der Waals surface area (Å²) < 4.78 is 18.1. The summed E-state index contributed by atoms with van der Waals surface area (Å²) in [6.07, 6.45) is 2.22. The van der Waals surface area contributed by atoms with Crippen LogP contribution in [-0.2, 0) is 33.4 Å². The Balaban J connectivity index is 2.17. The monoisotopic (exact) mass is 458 g/mol. The zero-order valence-electron chi connectivity index (χ0n) is 20.5. The molecule has 0 N–H and O–H groups in total. The van der Waals surface area contributed by atoms with Crippen LogP contribution in [0.15, 0.2) is 24.3 Å². The van der Waals surface area contributed by atoms with Crippen LogP contribution in [0.1, 0.15) is 61.3 Å². The molecule has 180 valence electrons. The van der Waals surface area contributed by atoms with E-state index in [-0.39, 0.29) is 18.1 Å². The van der Waals surface area contributed by atoms with Crippen LogP contribution in [-0.4, -0.2) is 42.0 Å². The topological polar surface area (TPSA) is 96.0 Å². The molecule has 3 fully saturated rings. The van der Waals surface area contributed by atoms with E-state index in [1.807, 2.05) is 26.0 Å². The quantitative estimate of drug-likeness (QED) is 0.471. The summed E-state index contributed by atoms with van der Waals surface area (Å²) >= 11 is 0. The van der Waals surface area contributed by atoms with Crippen molar-refractivity contribution >= 4 is 23.7 Å². The average Bonchev–Trinajstić information content (AvgIpc) is 2.92. The summed E-state index contributed by atoms with van der Waals surface area (Å²) in [6.45, 7) is 16.4. The highest BCUT2D eigenvalue weighted by atomic mass is 16.6. The van der Waals surface area contributed by atoms with Gasteiger partial charge in [0.1, 0.15) is 24.1 Å². The summed E-state index contributed by atoms with van der Waals surface area (Å²) in [6, 6.07) is 0. The molecule has 2 bridgehead atoms. The lowest BCUT2D eigenvalue weighted by molar-refractivity contribution is -0.194. The number of rotatable bonds is 3. The van der Waals surface area contributed by atoms with Crippen molar-refractivity contribution in [1.29, 1.82) is 0 Å². The highest BCUT2D eigenvalue weighted by Gasteiger charge is 2.91. The maximum absolute atomic E-state index is 13.5. The van der Waals surface area contributed by atoms with Gasteiger partial charge in [0.25, 0.3) is 0 Å². The SMILES string of the molecule is C=C1C=CCC2(C)C(OC(C)=O)C(OC(C)=O)C34C(C)C(=O)CC(C(OC(C)=O)C123)C4(C)C. The fraction of sp³-hybridized carbons (Fsp3) is 0.692. The molecule has 0 saturated heterocycles. The molecule has 0 amide bonds. The highest BCUT2D eigenvalue weighted by Crippen LogP contribution is 2.86. The van der Waals surface area contributed by atoms with E-state index in [0.29, 0.717) is 12.0 Å². The minimum atomic E-state index is -0.998. The van der Waals surface area contributed by atoms with Gasteiger partial charge in [-0.1, -0.05) is 46.4 Å². The largest absolute Gasteiger partial charge is 0.461 e. The van der Waals surface area contributed by atoms with Gasteiger partial charge in [0.2, 0.25) is 0 Å². The number of Topliss-reactive ketones (excluding diaryl/α,β-unsaturated/α-hetero) is 1. The van der Waals surface area contributed by atoms with Gasteiger partial charge in [-0.25, -0.2) is 0 Å². The molecule has 0 aliphatic heterocycles. The Kier molecular flexibility index (Phi) is 5.05. The van der Waals surface area contributed by atoms with Crippen LogP contribution in [0.3, 0.4) is 0 Å². The second kappa shape index (κ2) is 7.03. The third-order valence-electron chi connectivity index (χ3n) is 9.52. The molecule has 7 nitrogen and oxygen atoms in total. The standard InChI is InChI=1S/C26H34O7/c1-13-10-9-11-24(8)21(32-16(4)28)22(33-17(5)29)26-14(2)19(30)12-18(23(26,6)7)20(25(13,24)26)31-15(3)27/h9-10,14,18,20-22H,1,11-12H2,2-8H3. The first-order valence-corrected chi connectivity index (χ1v) is 11.6. The van der Waals surface area contributed by atoms with Crippen molar-refractivity contribution in [2.45, 2.75) is 79.6 Å². The van der Waals surface area contributed by atoms with Crippen molar-refractivity contribution in [3.05, 3.63) is 24.3 Å². The lowest BCUT2D eigenvalue weighted by atomic mass is 9.43. The van der Waals surface area contributed by atoms with Crippen molar-refractivity contribution in [1.82, 2.24) is 0 Å². The van der Waals surface area contributed by atoms with E-state index in [0.717, 1.165) is 0 Å². The van der Waals surface area contributed by atoms with Gasteiger partial charge in [-0.2, -0.15) is 0 Å². The number of carbonyl (C=O) groups is 4. The molecule has 7 heteroatoms. The van der Waals surface area contributed by atoms with Crippen LogP contribution < -0.4 is 0 Å². The second-order valence-electron chi connectivity index (χ2n) is 11.0. The first-order valence-electron chi connectivity index (χ1n) is 11.6. The Morgan fingerprint density at radius 1 is 0.939 bits per heavy atom. The Hall–Kier alpha value is -2.44. The van der Waals surface area contributed by atoms with Crippen molar-refractivity contribution < 1.29 is 33.4 Å². The number of esters is 3. The lowest BCUT2D eigenvalue weighted by Gasteiger charge is -2.58. The summed E-state index contributed by atoms with van der Waals surface area (Å²) in [4.78, 5) is 50.7. The molecule has 2 spiro atoms. The number of carbonyl (C=O) groups excluding carboxylic acids is 4. The predicted molar refractivity (Wildman–Crippen MR) is 119 cm³/mol. The molecular weight excluding hydrogens is 424 g/mol. The molecule has 0 heterocycles. The van der Waals surface area contributed by atoms with Crippen LogP contribution in [0.5, 0.6) is 0 Å². The fourth-order valence-corrected chi connectivity index (χ4v) is 8.80. The molecule has 0 aromatic heterocycles. The Labute approximate surface area is 194 Å². The zero-order valence-corrected chi connectivity index (χ0v) is 20.5. The molecule has 0 aromatic carbocycles. The van der Waals surface area contributed by atoms with E-state index < -0.39 is 63.8 Å².